The average Bonchev–Trinajstić information content (AvgIpc) is 2.66. The Kier molecular flexibility index (Phi) is 4.07. The van der Waals surface area contributed by atoms with Gasteiger partial charge in [-0.15, -0.1) is 11.3 Å². The van der Waals surface area contributed by atoms with Gasteiger partial charge in [-0.2, -0.15) is 0 Å². The predicted octanol–water partition coefficient (Wildman–Crippen LogP) is 2.13. The zero-order valence-electron chi connectivity index (χ0n) is 11.3. The monoisotopic (exact) mass is 298 g/mol. The molecule has 0 aliphatic carbocycles. The fourth-order valence-corrected chi connectivity index (χ4v) is 3.34. The van der Waals surface area contributed by atoms with E-state index < -0.39 is 13.8 Å². The Morgan fingerprint density at radius 3 is 2.68 bits per heavy atom. The van der Waals surface area contributed by atoms with Crippen molar-refractivity contribution in [3.63, 3.8) is 0 Å². The molecule has 0 fully saturated rings. The first-order chi connectivity index (χ1) is 8.85. The standard InChI is InChI=1S/C12H18N2O3SSi/c1-19(2,3)5-4-17-7-8-6-9-10(18-8)11(15)14-12(16)13-9/h6H,4-5,7H2,1-3H3,(H2,13,14,15,16). The van der Waals surface area contributed by atoms with Crippen LogP contribution in [0.3, 0.4) is 0 Å². The Hall–Kier alpha value is -1.18. The van der Waals surface area contributed by atoms with Crippen molar-refractivity contribution in [1.82, 2.24) is 9.97 Å². The normalized spacial score (nSPS) is 12.2. The summed E-state index contributed by atoms with van der Waals surface area (Å²) in [7, 11) is -1.07. The molecule has 0 saturated carbocycles. The Balaban J connectivity index is 2.04. The lowest BCUT2D eigenvalue weighted by Gasteiger charge is -2.14. The van der Waals surface area contributed by atoms with Gasteiger partial charge in [-0.05, 0) is 12.1 Å². The summed E-state index contributed by atoms with van der Waals surface area (Å²) in [6.07, 6.45) is 0. The lowest BCUT2D eigenvalue weighted by atomic mass is 10.4. The maximum Gasteiger partial charge on any atom is 0.326 e. The van der Waals surface area contributed by atoms with Crippen LogP contribution in [0, 0.1) is 0 Å². The van der Waals surface area contributed by atoms with Gasteiger partial charge in [-0.1, -0.05) is 19.6 Å². The Morgan fingerprint density at radius 2 is 2.00 bits per heavy atom. The smallest absolute Gasteiger partial charge is 0.326 e. The van der Waals surface area contributed by atoms with Crippen molar-refractivity contribution in [2.75, 3.05) is 6.61 Å². The van der Waals surface area contributed by atoms with Gasteiger partial charge in [-0.3, -0.25) is 9.78 Å². The molecule has 0 saturated heterocycles. The summed E-state index contributed by atoms with van der Waals surface area (Å²) in [4.78, 5) is 28.5. The number of ether oxygens (including phenoxy) is 1. The Labute approximate surface area is 115 Å². The van der Waals surface area contributed by atoms with E-state index in [4.69, 9.17) is 4.74 Å². The number of hydrogen-bond acceptors (Lipinski definition) is 4. The number of nitrogens with one attached hydrogen (secondary N) is 2. The minimum Gasteiger partial charge on any atom is -0.376 e. The molecule has 0 spiro atoms. The summed E-state index contributed by atoms with van der Waals surface area (Å²) in [6, 6.07) is 2.93. The second kappa shape index (κ2) is 5.44. The molecule has 2 rings (SSSR count). The van der Waals surface area contributed by atoms with Crippen LogP contribution in [0.2, 0.25) is 25.7 Å². The summed E-state index contributed by atoms with van der Waals surface area (Å²) < 4.78 is 6.18. The Morgan fingerprint density at radius 1 is 1.26 bits per heavy atom. The van der Waals surface area contributed by atoms with E-state index in [-0.39, 0.29) is 5.56 Å². The van der Waals surface area contributed by atoms with Crippen molar-refractivity contribution in [3.05, 3.63) is 31.8 Å². The number of rotatable bonds is 5. The topological polar surface area (TPSA) is 75.0 Å². The lowest BCUT2D eigenvalue weighted by Crippen LogP contribution is -2.21. The van der Waals surface area contributed by atoms with Gasteiger partial charge in [0, 0.05) is 19.6 Å². The summed E-state index contributed by atoms with van der Waals surface area (Å²) >= 11 is 1.36. The highest BCUT2D eigenvalue weighted by molar-refractivity contribution is 7.18. The van der Waals surface area contributed by atoms with E-state index in [2.05, 4.69) is 29.6 Å². The number of thiophene rings is 1. The molecule has 2 heterocycles. The minimum atomic E-state index is -1.07. The zero-order chi connectivity index (χ0) is 14.0. The van der Waals surface area contributed by atoms with E-state index in [9.17, 15) is 9.59 Å². The predicted molar refractivity (Wildman–Crippen MR) is 80.9 cm³/mol. The molecule has 0 aliphatic heterocycles. The molecule has 2 N–H and O–H groups in total. The second-order valence-corrected chi connectivity index (χ2v) is 12.5. The van der Waals surface area contributed by atoms with Crippen LogP contribution in [0.1, 0.15) is 4.88 Å². The molecule has 0 unspecified atom stereocenters. The van der Waals surface area contributed by atoms with E-state index >= 15 is 0 Å². The van der Waals surface area contributed by atoms with Gasteiger partial charge in [-0.25, -0.2) is 4.79 Å². The summed E-state index contributed by atoms with van der Waals surface area (Å²) in [5.74, 6) is 0. The summed E-state index contributed by atoms with van der Waals surface area (Å²) in [6.45, 7) is 8.16. The summed E-state index contributed by atoms with van der Waals surface area (Å²) in [5.41, 5.74) is -0.221. The SMILES string of the molecule is C[Si](C)(C)CCOCc1cc2[nH]c(=O)[nH]c(=O)c2s1. The van der Waals surface area contributed by atoms with Gasteiger partial charge >= 0.3 is 5.69 Å². The van der Waals surface area contributed by atoms with E-state index in [1.807, 2.05) is 6.07 Å². The quantitative estimate of drug-likeness (QED) is 0.656. The number of aromatic nitrogens is 2. The van der Waals surface area contributed by atoms with Crippen molar-refractivity contribution >= 4 is 29.6 Å². The molecule has 0 aromatic carbocycles. The van der Waals surface area contributed by atoms with E-state index in [1.54, 1.807) is 0 Å². The van der Waals surface area contributed by atoms with Gasteiger partial charge < -0.3 is 9.72 Å². The van der Waals surface area contributed by atoms with Gasteiger partial charge in [0.2, 0.25) is 0 Å². The van der Waals surface area contributed by atoms with Crippen LogP contribution in [0.4, 0.5) is 0 Å². The van der Waals surface area contributed by atoms with Crippen LogP contribution in [-0.2, 0) is 11.3 Å². The fraction of sp³-hybridized carbons (Fsp3) is 0.500. The number of aromatic amines is 2. The molecule has 104 valence electrons. The van der Waals surface area contributed by atoms with Gasteiger partial charge in [0.1, 0.15) is 4.70 Å². The Bertz CT molecular complexity index is 681. The minimum absolute atomic E-state index is 0.336. The zero-order valence-corrected chi connectivity index (χ0v) is 13.1. The molecular weight excluding hydrogens is 280 g/mol. The molecule has 7 heteroatoms. The van der Waals surface area contributed by atoms with Crippen LogP contribution in [-0.4, -0.2) is 24.6 Å². The number of H-pyrrole nitrogens is 2. The third kappa shape index (κ3) is 3.89. The number of fused-ring (bicyclic) bond motifs is 1. The van der Waals surface area contributed by atoms with Crippen LogP contribution >= 0.6 is 11.3 Å². The molecular formula is C12H18N2O3SSi. The van der Waals surface area contributed by atoms with Gasteiger partial charge in [0.05, 0.1) is 12.1 Å². The fourth-order valence-electron chi connectivity index (χ4n) is 1.64. The highest BCUT2D eigenvalue weighted by Crippen LogP contribution is 2.20. The van der Waals surface area contributed by atoms with Gasteiger partial charge in [0.25, 0.3) is 5.56 Å². The third-order valence-electron chi connectivity index (χ3n) is 2.71. The van der Waals surface area contributed by atoms with Crippen molar-refractivity contribution in [3.8, 4) is 0 Å². The molecule has 0 atom stereocenters. The van der Waals surface area contributed by atoms with E-state index in [0.717, 1.165) is 17.5 Å². The largest absolute Gasteiger partial charge is 0.376 e. The highest BCUT2D eigenvalue weighted by Gasteiger charge is 2.12. The maximum absolute atomic E-state index is 11.6. The number of hydrogen-bond donors (Lipinski definition) is 2. The van der Waals surface area contributed by atoms with E-state index in [0.29, 0.717) is 16.8 Å². The maximum atomic E-state index is 11.6. The van der Waals surface area contributed by atoms with Crippen LogP contribution in [0.15, 0.2) is 15.7 Å². The first-order valence-electron chi connectivity index (χ1n) is 6.18. The second-order valence-electron chi connectivity index (χ2n) is 5.73. The molecule has 0 aliphatic rings. The first-order valence-corrected chi connectivity index (χ1v) is 10.7. The van der Waals surface area contributed by atoms with Crippen molar-refractivity contribution < 1.29 is 4.74 Å². The van der Waals surface area contributed by atoms with E-state index in [1.165, 1.54) is 11.3 Å². The van der Waals surface area contributed by atoms with Crippen LogP contribution in [0.25, 0.3) is 10.2 Å². The molecule has 0 radical (unpaired) electrons. The molecule has 0 bridgehead atoms. The third-order valence-corrected chi connectivity index (χ3v) is 5.52. The molecule has 0 amide bonds. The van der Waals surface area contributed by atoms with Crippen LogP contribution < -0.4 is 11.2 Å². The molecule has 2 aromatic rings. The van der Waals surface area contributed by atoms with Crippen molar-refractivity contribution in [2.45, 2.75) is 32.3 Å². The molecule has 19 heavy (non-hydrogen) atoms. The molecule has 2 aromatic heterocycles. The summed E-state index contributed by atoms with van der Waals surface area (Å²) in [5, 5.41) is 0. The average molecular weight is 298 g/mol. The van der Waals surface area contributed by atoms with Crippen molar-refractivity contribution in [1.29, 1.82) is 0 Å². The molecule has 5 nitrogen and oxygen atoms in total. The lowest BCUT2D eigenvalue weighted by molar-refractivity contribution is 0.135. The van der Waals surface area contributed by atoms with Crippen molar-refractivity contribution in [2.24, 2.45) is 0 Å². The van der Waals surface area contributed by atoms with Crippen LogP contribution in [0.5, 0.6) is 0 Å². The highest BCUT2D eigenvalue weighted by atomic mass is 32.1. The first kappa shape index (κ1) is 14.2. The van der Waals surface area contributed by atoms with Gasteiger partial charge in [0.15, 0.2) is 0 Å².